The molecule has 6 heterocycles. The van der Waals surface area contributed by atoms with Crippen molar-refractivity contribution in [1.82, 2.24) is 30.2 Å². The first-order valence-corrected chi connectivity index (χ1v) is 15.3. The maximum Gasteiger partial charge on any atom is 0.342 e. The fourth-order valence-electron chi connectivity index (χ4n) is 6.30. The van der Waals surface area contributed by atoms with Crippen LogP contribution in [-0.4, -0.2) is 94.3 Å². The molecule has 1 N–H and O–H groups in total. The van der Waals surface area contributed by atoms with E-state index in [-0.39, 0.29) is 24.8 Å². The molecule has 4 amide bonds. The molecular formula is C28H34N8O3S. The van der Waals surface area contributed by atoms with E-state index in [0.717, 1.165) is 80.9 Å². The third-order valence-electron chi connectivity index (χ3n) is 8.49. The number of aryl methyl sites for hydroxylation is 1. The van der Waals surface area contributed by atoms with Gasteiger partial charge in [-0.2, -0.15) is 4.98 Å². The summed E-state index contributed by atoms with van der Waals surface area (Å²) in [4.78, 5) is 55.4. The van der Waals surface area contributed by atoms with Crippen LogP contribution < -0.4 is 15.1 Å². The number of nitrogens with zero attached hydrogens (tertiary/aromatic N) is 7. The number of carbonyl (C=O) groups is 3. The first-order valence-electron chi connectivity index (χ1n) is 14.3. The molecule has 0 unspecified atom stereocenters. The van der Waals surface area contributed by atoms with Gasteiger partial charge in [0.25, 0.3) is 5.91 Å². The van der Waals surface area contributed by atoms with Gasteiger partial charge in [0.15, 0.2) is 0 Å². The molecule has 5 aliphatic heterocycles. The first-order chi connectivity index (χ1) is 19.5. The second kappa shape index (κ2) is 10.5. The molecule has 7 rings (SSSR count). The number of nitrogens with one attached hydrogen (secondary N) is 1. The number of piperidine rings is 1. The number of carbonyl (C=O) groups excluding carboxylic acids is 3. The average molecular weight is 563 g/mol. The van der Waals surface area contributed by atoms with Gasteiger partial charge in [0.05, 0.1) is 23.7 Å². The molecule has 3 fully saturated rings. The number of benzene rings is 1. The van der Waals surface area contributed by atoms with Gasteiger partial charge in [-0.1, -0.05) is 12.1 Å². The van der Waals surface area contributed by atoms with Crippen molar-refractivity contribution in [2.45, 2.75) is 50.1 Å². The molecule has 3 saturated heterocycles. The highest BCUT2D eigenvalue weighted by Crippen LogP contribution is 2.39. The van der Waals surface area contributed by atoms with Crippen molar-refractivity contribution >= 4 is 41.4 Å². The van der Waals surface area contributed by atoms with Crippen molar-refractivity contribution in [2.24, 2.45) is 0 Å². The summed E-state index contributed by atoms with van der Waals surface area (Å²) >= 11 is 1.89. The molecule has 5 aliphatic rings. The van der Waals surface area contributed by atoms with E-state index < -0.39 is 6.03 Å². The highest BCUT2D eigenvalue weighted by Gasteiger charge is 2.37. The molecule has 11 nitrogen and oxygen atoms in total. The Balaban J connectivity index is 1.00. The van der Waals surface area contributed by atoms with E-state index in [1.807, 2.05) is 23.9 Å². The number of hydrazine groups is 1. The van der Waals surface area contributed by atoms with Crippen molar-refractivity contribution in [3.63, 3.8) is 0 Å². The standard InChI is InChI=1S/C28H34N8O3S/c37-23-6-10-35(28(39)30-23)36-18-20-16-19(4-5-21(20)26(36)38)17-32-11-13-33(14-12-32)25-24-22(7-15-40-24)29-27(31-25)34-8-2-1-3-9-34/h4-5,16H,1-3,6-15,17-18H2,(H,30,37,39). The van der Waals surface area contributed by atoms with Crippen LogP contribution in [0.15, 0.2) is 23.1 Å². The van der Waals surface area contributed by atoms with E-state index in [1.165, 1.54) is 39.9 Å². The number of imide groups is 1. The van der Waals surface area contributed by atoms with Crippen LogP contribution in [0.4, 0.5) is 16.6 Å². The zero-order valence-corrected chi connectivity index (χ0v) is 23.4. The summed E-state index contributed by atoms with van der Waals surface area (Å²) < 4.78 is 0. The minimum absolute atomic E-state index is 0.194. The summed E-state index contributed by atoms with van der Waals surface area (Å²) in [5, 5.41) is 5.10. The van der Waals surface area contributed by atoms with Gasteiger partial charge in [-0.05, 0) is 36.5 Å². The molecule has 210 valence electrons. The molecule has 2 aromatic rings. The van der Waals surface area contributed by atoms with Gasteiger partial charge in [0, 0.05) is 70.0 Å². The number of hydrogen-bond donors (Lipinski definition) is 1. The van der Waals surface area contributed by atoms with Crippen LogP contribution in [0.2, 0.25) is 0 Å². The smallest absolute Gasteiger partial charge is 0.342 e. The monoisotopic (exact) mass is 562 g/mol. The lowest BCUT2D eigenvalue weighted by molar-refractivity contribution is -0.123. The van der Waals surface area contributed by atoms with E-state index in [2.05, 4.69) is 26.1 Å². The van der Waals surface area contributed by atoms with Crippen molar-refractivity contribution in [3.05, 3.63) is 40.6 Å². The molecule has 0 spiro atoms. The first kappa shape index (κ1) is 25.6. The highest BCUT2D eigenvalue weighted by atomic mass is 32.2. The fourth-order valence-corrected chi connectivity index (χ4v) is 7.42. The Kier molecular flexibility index (Phi) is 6.74. The van der Waals surface area contributed by atoms with E-state index >= 15 is 0 Å². The average Bonchev–Trinajstić information content (AvgIpc) is 3.58. The maximum absolute atomic E-state index is 13.0. The molecule has 1 aromatic carbocycles. The summed E-state index contributed by atoms with van der Waals surface area (Å²) in [7, 11) is 0. The Bertz CT molecular complexity index is 1360. The second-order valence-corrected chi connectivity index (χ2v) is 12.2. The molecule has 0 saturated carbocycles. The van der Waals surface area contributed by atoms with Crippen LogP contribution in [0.25, 0.3) is 0 Å². The van der Waals surface area contributed by atoms with Crippen molar-refractivity contribution in [2.75, 3.05) is 61.4 Å². The topological polar surface area (TPSA) is 105 Å². The summed E-state index contributed by atoms with van der Waals surface area (Å²) in [6.07, 6.45) is 4.94. The number of anilines is 2. The van der Waals surface area contributed by atoms with Crippen LogP contribution >= 0.6 is 11.8 Å². The fraction of sp³-hybridized carbons (Fsp3) is 0.536. The van der Waals surface area contributed by atoms with Crippen LogP contribution in [0.1, 0.15) is 52.9 Å². The molecule has 0 radical (unpaired) electrons. The molecule has 0 bridgehead atoms. The minimum atomic E-state index is -0.536. The minimum Gasteiger partial charge on any atom is -0.353 e. The van der Waals surface area contributed by atoms with Crippen molar-refractivity contribution < 1.29 is 14.4 Å². The lowest BCUT2D eigenvalue weighted by Gasteiger charge is -2.36. The molecule has 40 heavy (non-hydrogen) atoms. The molecule has 0 atom stereocenters. The number of urea groups is 1. The number of hydrogen-bond acceptors (Lipinski definition) is 9. The number of aromatic nitrogens is 2. The molecule has 12 heteroatoms. The molecule has 1 aromatic heterocycles. The zero-order chi connectivity index (χ0) is 27.2. The lowest BCUT2D eigenvalue weighted by Crippen LogP contribution is -2.56. The lowest BCUT2D eigenvalue weighted by atomic mass is 10.1. The van der Waals surface area contributed by atoms with E-state index in [0.29, 0.717) is 12.1 Å². The van der Waals surface area contributed by atoms with Crippen molar-refractivity contribution in [3.8, 4) is 0 Å². The molecular weight excluding hydrogens is 528 g/mol. The Hall–Kier alpha value is -3.38. The molecule has 0 aliphatic carbocycles. The van der Waals surface area contributed by atoms with Crippen molar-refractivity contribution in [1.29, 1.82) is 0 Å². The van der Waals surface area contributed by atoms with Gasteiger partial charge in [0.1, 0.15) is 5.82 Å². The number of rotatable bonds is 5. The highest BCUT2D eigenvalue weighted by molar-refractivity contribution is 7.99. The summed E-state index contributed by atoms with van der Waals surface area (Å²) in [6.45, 7) is 7.18. The van der Waals surface area contributed by atoms with Gasteiger partial charge in [-0.15, -0.1) is 11.8 Å². The predicted molar refractivity (Wildman–Crippen MR) is 151 cm³/mol. The van der Waals surface area contributed by atoms with Gasteiger partial charge >= 0.3 is 6.03 Å². The van der Waals surface area contributed by atoms with E-state index in [9.17, 15) is 14.4 Å². The number of fused-ring (bicyclic) bond motifs is 2. The Labute approximate surface area is 237 Å². The van der Waals surface area contributed by atoms with Crippen LogP contribution in [0.3, 0.4) is 0 Å². The summed E-state index contributed by atoms with van der Waals surface area (Å²) in [5.74, 6) is 2.61. The number of amides is 4. The number of thioether (sulfide) groups is 1. The number of piperazine rings is 1. The quantitative estimate of drug-likeness (QED) is 0.588. The largest absolute Gasteiger partial charge is 0.353 e. The van der Waals surface area contributed by atoms with Crippen LogP contribution in [0, 0.1) is 0 Å². The van der Waals surface area contributed by atoms with E-state index in [4.69, 9.17) is 9.97 Å². The van der Waals surface area contributed by atoms with Gasteiger partial charge < -0.3 is 9.80 Å². The van der Waals surface area contributed by atoms with Gasteiger partial charge in [-0.3, -0.25) is 19.8 Å². The van der Waals surface area contributed by atoms with Gasteiger partial charge in [-0.25, -0.2) is 19.8 Å². The summed E-state index contributed by atoms with van der Waals surface area (Å²) in [5.41, 5.74) is 3.92. The predicted octanol–water partition coefficient (Wildman–Crippen LogP) is 2.25. The third-order valence-corrected chi connectivity index (χ3v) is 9.60. The van der Waals surface area contributed by atoms with Crippen LogP contribution in [-0.2, 0) is 24.3 Å². The second-order valence-electron chi connectivity index (χ2n) is 11.1. The van der Waals surface area contributed by atoms with Crippen LogP contribution in [0.5, 0.6) is 0 Å². The summed E-state index contributed by atoms with van der Waals surface area (Å²) in [6, 6.07) is 5.45. The Morgan fingerprint density at radius 1 is 0.850 bits per heavy atom. The van der Waals surface area contributed by atoms with Gasteiger partial charge in [0.2, 0.25) is 11.9 Å². The Morgan fingerprint density at radius 3 is 2.48 bits per heavy atom. The van der Waals surface area contributed by atoms with E-state index in [1.54, 1.807) is 0 Å². The third kappa shape index (κ3) is 4.77. The zero-order valence-electron chi connectivity index (χ0n) is 22.6. The Morgan fingerprint density at radius 2 is 1.68 bits per heavy atom. The maximum atomic E-state index is 13.0. The normalized spacial score (nSPS) is 21.6. The SMILES string of the molecule is O=C1CCN(N2Cc3cc(CN4CCN(c5nc(N6CCCCC6)nc6c5SCC6)CC4)ccc3C2=O)C(=O)N1.